The number of sulfonamides is 1. The summed E-state index contributed by atoms with van der Waals surface area (Å²) in [6.07, 6.45) is 4.95. The van der Waals surface area contributed by atoms with Crippen molar-refractivity contribution in [2.45, 2.75) is 43.7 Å². The van der Waals surface area contributed by atoms with E-state index >= 15 is 0 Å². The van der Waals surface area contributed by atoms with Gasteiger partial charge in [0.25, 0.3) is 10.0 Å². The summed E-state index contributed by atoms with van der Waals surface area (Å²) < 4.78 is 71.1. The molecule has 0 amide bonds. The molecule has 1 aliphatic carbocycles. The molecule has 11 heteroatoms. The van der Waals surface area contributed by atoms with Gasteiger partial charge in [-0.15, -0.1) is 11.3 Å². The van der Waals surface area contributed by atoms with E-state index < -0.39 is 32.4 Å². The van der Waals surface area contributed by atoms with Crippen LogP contribution in [0.1, 0.15) is 36.8 Å². The van der Waals surface area contributed by atoms with Crippen LogP contribution in [0.3, 0.4) is 0 Å². The third kappa shape index (κ3) is 5.03. The van der Waals surface area contributed by atoms with Gasteiger partial charge in [-0.25, -0.2) is 26.6 Å². The fraction of sp³-hybridized carbons (Fsp3) is 0.375. The molecule has 0 unspecified atom stereocenters. The molecule has 2 heterocycles. The minimum absolute atomic E-state index is 0.00302. The van der Waals surface area contributed by atoms with Crippen LogP contribution in [0.2, 0.25) is 0 Å². The zero-order chi connectivity index (χ0) is 24.6. The molecule has 1 aromatic heterocycles. The van der Waals surface area contributed by atoms with Gasteiger partial charge in [0, 0.05) is 36.3 Å². The number of benzene rings is 2. The minimum Gasteiger partial charge on any atom is -0.381 e. The van der Waals surface area contributed by atoms with E-state index in [1.54, 1.807) is 6.07 Å². The highest BCUT2D eigenvalue weighted by molar-refractivity contribution is 7.92. The van der Waals surface area contributed by atoms with Crippen molar-refractivity contribution in [3.63, 3.8) is 0 Å². The van der Waals surface area contributed by atoms with E-state index in [1.165, 1.54) is 42.6 Å². The van der Waals surface area contributed by atoms with Gasteiger partial charge in [-0.1, -0.05) is 18.6 Å². The summed E-state index contributed by atoms with van der Waals surface area (Å²) in [5.74, 6) is -2.94. The van der Waals surface area contributed by atoms with E-state index in [1.807, 2.05) is 6.07 Å². The first-order valence-corrected chi connectivity index (χ1v) is 13.8. The highest BCUT2D eigenvalue weighted by Crippen LogP contribution is 2.48. The summed E-state index contributed by atoms with van der Waals surface area (Å²) >= 11 is 1.14. The van der Waals surface area contributed by atoms with E-state index in [0.717, 1.165) is 42.1 Å². The first-order valence-electron chi connectivity index (χ1n) is 11.4. The van der Waals surface area contributed by atoms with Crippen molar-refractivity contribution in [2.75, 3.05) is 23.1 Å². The van der Waals surface area contributed by atoms with Crippen LogP contribution in [0.5, 0.6) is 0 Å². The molecular weight excluding hydrogens is 497 g/mol. The number of hydrogen-bond acceptors (Lipinski definition) is 6. The number of nitrogens with zero attached hydrogens (tertiary/aromatic N) is 2. The van der Waals surface area contributed by atoms with Gasteiger partial charge < -0.3 is 5.32 Å². The van der Waals surface area contributed by atoms with E-state index in [0.29, 0.717) is 17.5 Å². The largest absolute Gasteiger partial charge is 0.381 e. The highest BCUT2D eigenvalue weighted by atomic mass is 32.2. The third-order valence-electron chi connectivity index (χ3n) is 6.95. The number of nitrogens with one attached hydrogen (secondary N) is 2. The predicted molar refractivity (Wildman–Crippen MR) is 129 cm³/mol. The minimum atomic E-state index is -4.51. The number of aromatic nitrogens is 1. The molecule has 6 nitrogen and oxygen atoms in total. The van der Waals surface area contributed by atoms with Crippen LogP contribution < -0.4 is 10.0 Å². The van der Waals surface area contributed by atoms with Gasteiger partial charge in [0.2, 0.25) is 0 Å². The highest BCUT2D eigenvalue weighted by Gasteiger charge is 2.42. The molecule has 0 bridgehead atoms. The maximum absolute atomic E-state index is 14.7. The maximum atomic E-state index is 14.7. The van der Waals surface area contributed by atoms with E-state index in [-0.39, 0.29) is 18.1 Å². The summed E-state index contributed by atoms with van der Waals surface area (Å²) in [6.45, 7) is 2.60. The van der Waals surface area contributed by atoms with Gasteiger partial charge in [-0.2, -0.15) is 0 Å². The van der Waals surface area contributed by atoms with E-state index in [2.05, 4.69) is 19.9 Å². The van der Waals surface area contributed by atoms with Gasteiger partial charge >= 0.3 is 0 Å². The van der Waals surface area contributed by atoms with Crippen molar-refractivity contribution in [1.82, 2.24) is 9.88 Å². The Morgan fingerprint density at radius 3 is 2.49 bits per heavy atom. The lowest BCUT2D eigenvalue weighted by Crippen LogP contribution is -2.33. The van der Waals surface area contributed by atoms with Crippen molar-refractivity contribution >= 4 is 32.9 Å². The normalized spacial score (nSPS) is 17.5. The smallest absolute Gasteiger partial charge is 0.268 e. The lowest BCUT2D eigenvalue weighted by atomic mass is 9.68. The van der Waals surface area contributed by atoms with Crippen LogP contribution in [0.4, 0.5) is 24.7 Å². The van der Waals surface area contributed by atoms with E-state index in [4.69, 9.17) is 0 Å². The molecule has 1 saturated carbocycles. The zero-order valence-electron chi connectivity index (χ0n) is 18.9. The molecule has 1 aliphatic heterocycles. The second-order valence-electron chi connectivity index (χ2n) is 9.29. The molecule has 5 rings (SSSR count). The lowest BCUT2D eigenvalue weighted by Gasteiger charge is -2.38. The van der Waals surface area contributed by atoms with Crippen molar-refractivity contribution in [2.24, 2.45) is 5.41 Å². The number of anilines is 2. The molecule has 2 aromatic carbocycles. The first kappa shape index (κ1) is 24.1. The summed E-state index contributed by atoms with van der Waals surface area (Å²) in [5.41, 5.74) is 3.07. The predicted octanol–water partition coefficient (Wildman–Crippen LogP) is 5.35. The topological polar surface area (TPSA) is 74.3 Å². The van der Waals surface area contributed by atoms with E-state index in [9.17, 15) is 21.6 Å². The molecule has 0 atom stereocenters. The van der Waals surface area contributed by atoms with Crippen molar-refractivity contribution in [1.29, 1.82) is 0 Å². The molecule has 186 valence electrons. The van der Waals surface area contributed by atoms with Gasteiger partial charge in [0.05, 0.1) is 5.51 Å². The molecule has 1 spiro atoms. The van der Waals surface area contributed by atoms with Gasteiger partial charge in [0.1, 0.15) is 17.5 Å². The van der Waals surface area contributed by atoms with Crippen molar-refractivity contribution in [3.8, 4) is 0 Å². The summed E-state index contributed by atoms with van der Waals surface area (Å²) in [7, 11) is -4.51. The van der Waals surface area contributed by atoms with Gasteiger partial charge in [-0.3, -0.25) is 9.62 Å². The summed E-state index contributed by atoms with van der Waals surface area (Å²) in [5, 5.41) is 4.25. The third-order valence-corrected chi connectivity index (χ3v) is 8.94. The van der Waals surface area contributed by atoms with Crippen LogP contribution >= 0.6 is 11.3 Å². The second-order valence-corrected chi connectivity index (χ2v) is 11.6. The zero-order valence-corrected chi connectivity index (χ0v) is 20.5. The quantitative estimate of drug-likeness (QED) is 0.417. The monoisotopic (exact) mass is 522 g/mol. The standard InChI is InChI=1S/C24H25F3N4O2S2/c25-19-4-1-3-16(12-31-8-7-24(14-31)5-2-6-24)18(19)11-28-17-9-20(26)23(21(27)10-17)35(32,33)30-22-13-34-15-29-22/h1,3-4,9-10,13,15,28,30H,2,5-8,11-12,14H2. The first-order chi connectivity index (χ1) is 16.7. The van der Waals surface area contributed by atoms with Gasteiger partial charge in [-0.05, 0) is 55.0 Å². The Kier molecular flexibility index (Phi) is 6.49. The van der Waals surface area contributed by atoms with Gasteiger partial charge in [0.15, 0.2) is 10.7 Å². The molecule has 2 N–H and O–H groups in total. The Hall–Kier alpha value is -2.63. The Morgan fingerprint density at radius 1 is 1.09 bits per heavy atom. The fourth-order valence-corrected chi connectivity index (χ4v) is 6.68. The number of likely N-dealkylation sites (tertiary alicyclic amines) is 1. The van der Waals surface area contributed by atoms with Crippen LogP contribution in [0.25, 0.3) is 0 Å². The number of halogens is 3. The van der Waals surface area contributed by atoms with Crippen LogP contribution in [0, 0.1) is 22.9 Å². The molecular formula is C24H25F3N4O2S2. The fourth-order valence-electron chi connectivity index (χ4n) is 5.00. The molecule has 2 fully saturated rings. The molecule has 3 aromatic rings. The lowest BCUT2D eigenvalue weighted by molar-refractivity contribution is 0.137. The maximum Gasteiger partial charge on any atom is 0.268 e. The Bertz CT molecular complexity index is 1310. The Morgan fingerprint density at radius 2 is 1.86 bits per heavy atom. The summed E-state index contributed by atoms with van der Waals surface area (Å²) in [4.78, 5) is 5.01. The molecule has 0 radical (unpaired) electrons. The number of thiazole rings is 1. The average Bonchev–Trinajstić information content (AvgIpc) is 3.42. The Labute approximate surface area is 206 Å². The van der Waals surface area contributed by atoms with Crippen LogP contribution in [-0.2, 0) is 23.1 Å². The second kappa shape index (κ2) is 9.44. The Balaban J connectivity index is 1.31. The van der Waals surface area contributed by atoms with Crippen molar-refractivity contribution < 1.29 is 21.6 Å². The molecule has 1 saturated heterocycles. The number of hydrogen-bond donors (Lipinski definition) is 2. The van der Waals surface area contributed by atoms with Crippen LogP contribution in [-0.4, -0.2) is 31.4 Å². The molecule has 35 heavy (non-hydrogen) atoms. The average molecular weight is 523 g/mol. The number of rotatable bonds is 8. The summed E-state index contributed by atoms with van der Waals surface area (Å²) in [6, 6.07) is 6.67. The van der Waals surface area contributed by atoms with Crippen molar-refractivity contribution in [3.05, 3.63) is 69.8 Å². The van der Waals surface area contributed by atoms with Crippen LogP contribution in [0.15, 0.2) is 46.1 Å². The SMILES string of the molecule is O=S(=O)(Nc1cscn1)c1c(F)cc(NCc2c(F)cccc2CN2CCC3(CCC3)C2)cc1F. The molecule has 2 aliphatic rings.